The van der Waals surface area contributed by atoms with Crippen LogP contribution in [0.25, 0.3) is 0 Å². The van der Waals surface area contributed by atoms with Gasteiger partial charge < -0.3 is 11.1 Å². The number of carbonyl (C=O) groups is 1. The summed E-state index contributed by atoms with van der Waals surface area (Å²) < 4.78 is 0. The number of aryl methyl sites for hydroxylation is 1. The first kappa shape index (κ1) is 13.3. The molecule has 20 heavy (non-hydrogen) atoms. The highest BCUT2D eigenvalue weighted by molar-refractivity contribution is 7.10. The van der Waals surface area contributed by atoms with E-state index < -0.39 is 6.04 Å². The number of amides is 1. The van der Waals surface area contributed by atoms with E-state index in [-0.39, 0.29) is 11.9 Å². The van der Waals surface area contributed by atoms with Gasteiger partial charge in [0.05, 0.1) is 0 Å². The summed E-state index contributed by atoms with van der Waals surface area (Å²) in [6.07, 6.45) is 2.91. The van der Waals surface area contributed by atoms with Crippen molar-refractivity contribution in [1.82, 2.24) is 5.32 Å². The second-order valence-corrected chi connectivity index (χ2v) is 6.19. The van der Waals surface area contributed by atoms with E-state index in [1.807, 2.05) is 17.5 Å². The monoisotopic (exact) mass is 286 g/mol. The smallest absolute Gasteiger partial charge is 0.242 e. The van der Waals surface area contributed by atoms with Crippen molar-refractivity contribution in [3.63, 3.8) is 0 Å². The highest BCUT2D eigenvalue weighted by atomic mass is 32.1. The molecule has 1 aromatic heterocycles. The molecule has 2 aromatic rings. The van der Waals surface area contributed by atoms with Gasteiger partial charge in [-0.2, -0.15) is 0 Å². The Bertz CT molecular complexity index is 594. The molecule has 3 rings (SSSR count). The molecule has 0 saturated heterocycles. The van der Waals surface area contributed by atoms with Gasteiger partial charge in [-0.1, -0.05) is 30.3 Å². The molecule has 3 nitrogen and oxygen atoms in total. The molecule has 1 aliphatic rings. The van der Waals surface area contributed by atoms with Crippen LogP contribution < -0.4 is 11.1 Å². The highest BCUT2D eigenvalue weighted by Gasteiger charge is 2.23. The Morgan fingerprint density at radius 1 is 1.25 bits per heavy atom. The fourth-order valence-corrected chi connectivity index (χ4v) is 3.43. The van der Waals surface area contributed by atoms with Crippen molar-refractivity contribution in [1.29, 1.82) is 0 Å². The van der Waals surface area contributed by atoms with Gasteiger partial charge >= 0.3 is 0 Å². The van der Waals surface area contributed by atoms with Gasteiger partial charge in [-0.3, -0.25) is 4.79 Å². The molecule has 3 N–H and O–H groups in total. The molecule has 1 aromatic carbocycles. The normalized spacial score (nSPS) is 19.1. The molecule has 2 atom stereocenters. The summed E-state index contributed by atoms with van der Waals surface area (Å²) in [6.45, 7) is 0. The second kappa shape index (κ2) is 5.77. The Labute approximate surface area is 122 Å². The number of hydrogen-bond donors (Lipinski definition) is 2. The molecule has 1 aliphatic carbocycles. The first-order valence-corrected chi connectivity index (χ1v) is 7.78. The number of benzene rings is 1. The number of nitrogens with two attached hydrogens (primary N) is 1. The average Bonchev–Trinajstić information content (AvgIpc) is 3.00. The lowest BCUT2D eigenvalue weighted by Crippen LogP contribution is -2.43. The lowest BCUT2D eigenvalue weighted by atomic mass is 9.88. The molecule has 1 heterocycles. The number of hydrogen-bond acceptors (Lipinski definition) is 3. The summed E-state index contributed by atoms with van der Waals surface area (Å²) in [7, 11) is 0. The van der Waals surface area contributed by atoms with Gasteiger partial charge in [0.2, 0.25) is 5.91 Å². The number of carbonyl (C=O) groups excluding carboxylic acids is 1. The average molecular weight is 286 g/mol. The van der Waals surface area contributed by atoms with Crippen LogP contribution in [0.3, 0.4) is 0 Å². The van der Waals surface area contributed by atoms with Gasteiger partial charge in [0.1, 0.15) is 6.04 Å². The zero-order valence-corrected chi connectivity index (χ0v) is 12.0. The van der Waals surface area contributed by atoms with Crippen LogP contribution in [0.5, 0.6) is 0 Å². The molecule has 0 radical (unpaired) electrons. The van der Waals surface area contributed by atoms with E-state index in [1.165, 1.54) is 22.5 Å². The van der Waals surface area contributed by atoms with Crippen molar-refractivity contribution in [3.8, 4) is 0 Å². The van der Waals surface area contributed by atoms with E-state index in [4.69, 9.17) is 5.73 Å². The van der Waals surface area contributed by atoms with Gasteiger partial charge in [0.15, 0.2) is 0 Å². The molecule has 0 bridgehead atoms. The van der Waals surface area contributed by atoms with Gasteiger partial charge in [0.25, 0.3) is 0 Å². The molecule has 4 heteroatoms. The van der Waals surface area contributed by atoms with E-state index in [2.05, 4.69) is 29.6 Å². The predicted molar refractivity (Wildman–Crippen MR) is 81.6 cm³/mol. The second-order valence-electron chi connectivity index (χ2n) is 5.21. The SMILES string of the molecule is NC(C(=O)NC1CCc2ccccc2C1)c1cccs1. The van der Waals surface area contributed by atoms with Crippen molar-refractivity contribution in [3.05, 3.63) is 57.8 Å². The Hall–Kier alpha value is -1.65. The zero-order valence-electron chi connectivity index (χ0n) is 11.2. The zero-order chi connectivity index (χ0) is 13.9. The van der Waals surface area contributed by atoms with Gasteiger partial charge in [-0.05, 0) is 41.8 Å². The van der Waals surface area contributed by atoms with E-state index in [0.717, 1.165) is 24.1 Å². The summed E-state index contributed by atoms with van der Waals surface area (Å²) in [5, 5.41) is 5.03. The Morgan fingerprint density at radius 3 is 2.80 bits per heavy atom. The predicted octanol–water partition coefficient (Wildman–Crippen LogP) is 2.42. The molecule has 0 spiro atoms. The van der Waals surface area contributed by atoms with E-state index >= 15 is 0 Å². The molecule has 0 saturated carbocycles. The maximum absolute atomic E-state index is 12.2. The van der Waals surface area contributed by atoms with Crippen molar-refractivity contribution < 1.29 is 4.79 Å². The van der Waals surface area contributed by atoms with Crippen LogP contribution in [-0.4, -0.2) is 11.9 Å². The number of rotatable bonds is 3. The van der Waals surface area contributed by atoms with Crippen LogP contribution in [0.4, 0.5) is 0 Å². The van der Waals surface area contributed by atoms with Crippen molar-refractivity contribution in [2.24, 2.45) is 5.73 Å². The number of thiophene rings is 1. The Kier molecular flexibility index (Phi) is 3.85. The van der Waals surface area contributed by atoms with Gasteiger partial charge in [-0.15, -0.1) is 11.3 Å². The lowest BCUT2D eigenvalue weighted by Gasteiger charge is -2.26. The molecule has 0 aliphatic heterocycles. The largest absolute Gasteiger partial charge is 0.351 e. The van der Waals surface area contributed by atoms with E-state index in [0.29, 0.717) is 0 Å². The number of fused-ring (bicyclic) bond motifs is 1. The minimum Gasteiger partial charge on any atom is -0.351 e. The van der Waals surface area contributed by atoms with Crippen LogP contribution in [0.15, 0.2) is 41.8 Å². The van der Waals surface area contributed by atoms with Crippen molar-refractivity contribution in [2.45, 2.75) is 31.3 Å². The maximum atomic E-state index is 12.2. The minimum absolute atomic E-state index is 0.0724. The van der Waals surface area contributed by atoms with E-state index in [9.17, 15) is 4.79 Å². The van der Waals surface area contributed by atoms with Crippen LogP contribution in [0.1, 0.15) is 28.5 Å². The fraction of sp³-hybridized carbons (Fsp3) is 0.312. The summed E-state index contributed by atoms with van der Waals surface area (Å²) in [4.78, 5) is 13.1. The molecule has 104 valence electrons. The molecular weight excluding hydrogens is 268 g/mol. The summed E-state index contributed by atoms with van der Waals surface area (Å²) >= 11 is 1.52. The first-order chi connectivity index (χ1) is 9.74. The van der Waals surface area contributed by atoms with Crippen LogP contribution in [0, 0.1) is 0 Å². The highest BCUT2D eigenvalue weighted by Crippen LogP contribution is 2.22. The molecule has 1 amide bonds. The summed E-state index contributed by atoms with van der Waals surface area (Å²) in [5.41, 5.74) is 8.74. The Morgan fingerprint density at radius 2 is 2.05 bits per heavy atom. The van der Waals surface area contributed by atoms with Gasteiger partial charge in [0, 0.05) is 10.9 Å². The number of nitrogens with one attached hydrogen (secondary N) is 1. The van der Waals surface area contributed by atoms with Crippen LogP contribution in [0.2, 0.25) is 0 Å². The van der Waals surface area contributed by atoms with Gasteiger partial charge in [-0.25, -0.2) is 0 Å². The fourth-order valence-electron chi connectivity index (χ4n) is 2.71. The van der Waals surface area contributed by atoms with Crippen LogP contribution in [-0.2, 0) is 17.6 Å². The standard InChI is InChI=1S/C16H18N2OS/c17-15(14-6-3-9-20-14)16(19)18-13-8-7-11-4-1-2-5-12(11)10-13/h1-6,9,13,15H,7-8,10,17H2,(H,18,19). The Balaban J connectivity index is 1.63. The third kappa shape index (κ3) is 2.76. The first-order valence-electron chi connectivity index (χ1n) is 6.90. The third-order valence-electron chi connectivity index (χ3n) is 3.83. The summed E-state index contributed by atoms with van der Waals surface area (Å²) in [5.74, 6) is -0.0724. The van der Waals surface area contributed by atoms with Crippen molar-refractivity contribution >= 4 is 17.2 Å². The minimum atomic E-state index is -0.549. The van der Waals surface area contributed by atoms with Crippen LogP contribution >= 0.6 is 11.3 Å². The summed E-state index contributed by atoms with van der Waals surface area (Å²) in [6, 6.07) is 11.9. The molecular formula is C16H18N2OS. The topological polar surface area (TPSA) is 55.1 Å². The molecule has 0 fully saturated rings. The lowest BCUT2D eigenvalue weighted by molar-refractivity contribution is -0.123. The van der Waals surface area contributed by atoms with Crippen molar-refractivity contribution in [2.75, 3.05) is 0 Å². The third-order valence-corrected chi connectivity index (χ3v) is 4.78. The maximum Gasteiger partial charge on any atom is 0.242 e. The quantitative estimate of drug-likeness (QED) is 0.910. The molecule has 2 unspecified atom stereocenters. The van der Waals surface area contributed by atoms with E-state index in [1.54, 1.807) is 0 Å².